The van der Waals surface area contributed by atoms with Crippen LogP contribution in [0.25, 0.3) is 0 Å². The zero-order chi connectivity index (χ0) is 9.97. The van der Waals surface area contributed by atoms with Crippen molar-refractivity contribution < 1.29 is 0 Å². The third-order valence-corrected chi connectivity index (χ3v) is 3.33. The molecule has 1 nitrogen and oxygen atoms in total. The number of hydrogen-bond donors (Lipinski definition) is 0. The molecule has 1 aromatic rings. The number of rotatable bonds is 2. The molecule has 0 bridgehead atoms. The number of benzene rings is 1. The molecule has 1 aliphatic rings. The van der Waals surface area contributed by atoms with Crippen LogP contribution in [-0.4, -0.2) is 17.5 Å². The molecule has 0 amide bonds. The Balaban J connectivity index is 2.07. The number of nitrogens with zero attached hydrogens (tertiary/aromatic N) is 1. The Labute approximate surface area is 86.7 Å². The Morgan fingerprint density at radius 3 is 2.79 bits per heavy atom. The van der Waals surface area contributed by atoms with Gasteiger partial charge in [0.1, 0.15) is 0 Å². The standard InChI is InChI=1S/C13H19N/c1-11-6-3-4-8-13(11)10-14-9-5-7-12(14)2/h3-4,6,8,12H,5,7,9-10H2,1-2H3. The summed E-state index contributed by atoms with van der Waals surface area (Å²) in [7, 11) is 0. The van der Waals surface area contributed by atoms with Gasteiger partial charge in [0.2, 0.25) is 0 Å². The predicted octanol–water partition coefficient (Wildman–Crippen LogP) is 2.98. The first-order valence-corrected chi connectivity index (χ1v) is 5.56. The van der Waals surface area contributed by atoms with Crippen molar-refractivity contribution >= 4 is 0 Å². The van der Waals surface area contributed by atoms with E-state index in [1.807, 2.05) is 0 Å². The van der Waals surface area contributed by atoms with E-state index in [0.717, 1.165) is 12.6 Å². The summed E-state index contributed by atoms with van der Waals surface area (Å²) in [4.78, 5) is 2.59. The highest BCUT2D eigenvalue weighted by Crippen LogP contribution is 2.20. The van der Waals surface area contributed by atoms with Crippen LogP contribution in [0.5, 0.6) is 0 Å². The van der Waals surface area contributed by atoms with Crippen LogP contribution < -0.4 is 0 Å². The van der Waals surface area contributed by atoms with Gasteiger partial charge in [0.15, 0.2) is 0 Å². The maximum atomic E-state index is 2.59. The Morgan fingerprint density at radius 1 is 1.36 bits per heavy atom. The van der Waals surface area contributed by atoms with Gasteiger partial charge in [-0.15, -0.1) is 0 Å². The molecule has 0 aliphatic carbocycles. The first kappa shape index (κ1) is 9.72. The summed E-state index contributed by atoms with van der Waals surface area (Å²) in [5.74, 6) is 0. The van der Waals surface area contributed by atoms with E-state index in [1.165, 1.54) is 30.5 Å². The van der Waals surface area contributed by atoms with Crippen LogP contribution in [0, 0.1) is 6.92 Å². The number of aryl methyl sites for hydroxylation is 1. The Hall–Kier alpha value is -0.820. The lowest BCUT2D eigenvalue weighted by atomic mass is 10.1. The minimum Gasteiger partial charge on any atom is -0.296 e. The van der Waals surface area contributed by atoms with Gasteiger partial charge < -0.3 is 0 Å². The summed E-state index contributed by atoms with van der Waals surface area (Å²) < 4.78 is 0. The van der Waals surface area contributed by atoms with Crippen LogP contribution >= 0.6 is 0 Å². The maximum absolute atomic E-state index is 2.59. The maximum Gasteiger partial charge on any atom is 0.0239 e. The topological polar surface area (TPSA) is 3.24 Å². The third-order valence-electron chi connectivity index (χ3n) is 3.33. The van der Waals surface area contributed by atoms with E-state index in [9.17, 15) is 0 Å². The highest BCUT2D eigenvalue weighted by Gasteiger charge is 2.20. The van der Waals surface area contributed by atoms with Gasteiger partial charge in [-0.1, -0.05) is 24.3 Å². The molecule has 1 aromatic carbocycles. The minimum atomic E-state index is 0.773. The average Bonchev–Trinajstić information content (AvgIpc) is 2.56. The van der Waals surface area contributed by atoms with Crippen LogP contribution in [0.1, 0.15) is 30.9 Å². The molecule has 1 heteroatoms. The molecule has 14 heavy (non-hydrogen) atoms. The van der Waals surface area contributed by atoms with Gasteiger partial charge in [-0.25, -0.2) is 0 Å². The Morgan fingerprint density at radius 2 is 2.14 bits per heavy atom. The molecule has 1 heterocycles. The molecular weight excluding hydrogens is 170 g/mol. The van der Waals surface area contributed by atoms with E-state index in [1.54, 1.807) is 0 Å². The third kappa shape index (κ3) is 1.98. The molecule has 2 rings (SSSR count). The van der Waals surface area contributed by atoms with E-state index in [-0.39, 0.29) is 0 Å². The van der Waals surface area contributed by atoms with Crippen molar-refractivity contribution in [3.05, 3.63) is 35.4 Å². The summed E-state index contributed by atoms with van der Waals surface area (Å²) in [6.45, 7) is 6.95. The first-order chi connectivity index (χ1) is 6.77. The van der Waals surface area contributed by atoms with Crippen molar-refractivity contribution in [1.29, 1.82) is 0 Å². The highest BCUT2D eigenvalue weighted by molar-refractivity contribution is 5.25. The second-order valence-corrected chi connectivity index (χ2v) is 4.39. The van der Waals surface area contributed by atoms with Crippen LogP contribution in [0.4, 0.5) is 0 Å². The van der Waals surface area contributed by atoms with Gasteiger partial charge in [-0.3, -0.25) is 4.90 Å². The van der Waals surface area contributed by atoms with Crippen molar-refractivity contribution in [3.63, 3.8) is 0 Å². The molecule has 1 saturated heterocycles. The summed E-state index contributed by atoms with van der Waals surface area (Å²) in [5, 5.41) is 0. The van der Waals surface area contributed by atoms with Crippen LogP contribution in [0.3, 0.4) is 0 Å². The SMILES string of the molecule is Cc1ccccc1CN1CCCC1C. The van der Waals surface area contributed by atoms with E-state index >= 15 is 0 Å². The fraction of sp³-hybridized carbons (Fsp3) is 0.538. The van der Waals surface area contributed by atoms with Gasteiger partial charge in [0.05, 0.1) is 0 Å². The molecule has 1 unspecified atom stereocenters. The fourth-order valence-electron chi connectivity index (χ4n) is 2.23. The molecule has 0 saturated carbocycles. The van der Waals surface area contributed by atoms with Gasteiger partial charge in [0.25, 0.3) is 0 Å². The molecule has 1 aliphatic heterocycles. The van der Waals surface area contributed by atoms with Gasteiger partial charge in [-0.05, 0) is 44.4 Å². The summed E-state index contributed by atoms with van der Waals surface area (Å²) in [6, 6.07) is 9.49. The van der Waals surface area contributed by atoms with E-state index in [0.29, 0.717) is 0 Å². The van der Waals surface area contributed by atoms with Crippen molar-refractivity contribution in [3.8, 4) is 0 Å². The zero-order valence-corrected chi connectivity index (χ0v) is 9.16. The van der Waals surface area contributed by atoms with E-state index < -0.39 is 0 Å². The quantitative estimate of drug-likeness (QED) is 0.691. The van der Waals surface area contributed by atoms with Crippen molar-refractivity contribution in [2.75, 3.05) is 6.54 Å². The fourth-order valence-corrected chi connectivity index (χ4v) is 2.23. The monoisotopic (exact) mass is 189 g/mol. The lowest BCUT2D eigenvalue weighted by Crippen LogP contribution is -2.26. The minimum absolute atomic E-state index is 0.773. The van der Waals surface area contributed by atoms with Crippen molar-refractivity contribution in [1.82, 2.24) is 4.90 Å². The average molecular weight is 189 g/mol. The lowest BCUT2D eigenvalue weighted by Gasteiger charge is -2.21. The summed E-state index contributed by atoms with van der Waals surface area (Å²) in [5.41, 5.74) is 2.91. The smallest absolute Gasteiger partial charge is 0.0239 e. The second-order valence-electron chi connectivity index (χ2n) is 4.39. The second kappa shape index (κ2) is 4.14. The largest absolute Gasteiger partial charge is 0.296 e. The Kier molecular flexibility index (Phi) is 2.87. The first-order valence-electron chi connectivity index (χ1n) is 5.56. The number of hydrogen-bond acceptors (Lipinski definition) is 1. The molecule has 0 N–H and O–H groups in total. The highest BCUT2D eigenvalue weighted by atomic mass is 15.2. The molecular formula is C13H19N. The molecule has 1 fully saturated rings. The van der Waals surface area contributed by atoms with Crippen LogP contribution in [-0.2, 0) is 6.54 Å². The molecule has 0 spiro atoms. The van der Waals surface area contributed by atoms with Gasteiger partial charge >= 0.3 is 0 Å². The van der Waals surface area contributed by atoms with Crippen molar-refractivity contribution in [2.24, 2.45) is 0 Å². The van der Waals surface area contributed by atoms with Crippen LogP contribution in [0.15, 0.2) is 24.3 Å². The van der Waals surface area contributed by atoms with Gasteiger partial charge in [-0.2, -0.15) is 0 Å². The molecule has 1 atom stereocenters. The lowest BCUT2D eigenvalue weighted by molar-refractivity contribution is 0.260. The summed E-state index contributed by atoms with van der Waals surface area (Å²) >= 11 is 0. The van der Waals surface area contributed by atoms with E-state index in [4.69, 9.17) is 0 Å². The van der Waals surface area contributed by atoms with E-state index in [2.05, 4.69) is 43.0 Å². The molecule has 0 aromatic heterocycles. The normalized spacial score (nSPS) is 22.9. The molecule has 76 valence electrons. The summed E-state index contributed by atoms with van der Waals surface area (Å²) in [6.07, 6.45) is 2.74. The Bertz CT molecular complexity index is 306. The zero-order valence-electron chi connectivity index (χ0n) is 9.16. The molecule has 0 radical (unpaired) electrons. The van der Waals surface area contributed by atoms with Gasteiger partial charge in [0, 0.05) is 12.6 Å². The predicted molar refractivity (Wildman–Crippen MR) is 60.3 cm³/mol. The van der Waals surface area contributed by atoms with Crippen molar-refractivity contribution in [2.45, 2.75) is 39.3 Å². The van der Waals surface area contributed by atoms with Crippen LogP contribution in [0.2, 0.25) is 0 Å². The number of likely N-dealkylation sites (tertiary alicyclic amines) is 1.